The number of aryl methyl sites for hydroxylation is 2. The summed E-state index contributed by atoms with van der Waals surface area (Å²) in [5.41, 5.74) is 4.90. The lowest BCUT2D eigenvalue weighted by Gasteiger charge is -2.27. The number of nitro benzene ring substituents is 1. The standard InChI is InChI=1S/C22H22N6O3/c1-13-14(2)23-19-5-3-15(11-17(13)19)24-21-18-12-16(28(29)30)4-6-20(18)25-22(26-21)27-7-9-31-10-8-27/h3-6,11-12,23H,7-10H2,1-2H3,(H,24,25,26). The Balaban J connectivity index is 1.62. The van der Waals surface area contributed by atoms with Gasteiger partial charge >= 0.3 is 0 Å². The van der Waals surface area contributed by atoms with Crippen LogP contribution in [0.2, 0.25) is 0 Å². The summed E-state index contributed by atoms with van der Waals surface area (Å²) >= 11 is 0. The molecule has 9 heteroatoms. The van der Waals surface area contributed by atoms with E-state index in [0.29, 0.717) is 49.0 Å². The number of nitro groups is 1. The number of ether oxygens (including phenoxy) is 1. The lowest BCUT2D eigenvalue weighted by molar-refractivity contribution is -0.384. The van der Waals surface area contributed by atoms with Gasteiger partial charge in [0.1, 0.15) is 5.82 Å². The van der Waals surface area contributed by atoms with Gasteiger partial charge in [0, 0.05) is 52.9 Å². The first-order valence-corrected chi connectivity index (χ1v) is 10.1. The van der Waals surface area contributed by atoms with Gasteiger partial charge in [-0.2, -0.15) is 4.98 Å². The molecule has 1 fully saturated rings. The molecule has 2 aromatic carbocycles. The molecule has 0 saturated carbocycles. The number of aromatic nitrogens is 3. The van der Waals surface area contributed by atoms with Crippen LogP contribution in [0.3, 0.4) is 0 Å². The van der Waals surface area contributed by atoms with E-state index in [9.17, 15) is 10.1 Å². The molecule has 0 bridgehead atoms. The number of anilines is 3. The topological polar surface area (TPSA) is 109 Å². The summed E-state index contributed by atoms with van der Waals surface area (Å²) in [5, 5.41) is 16.4. The lowest BCUT2D eigenvalue weighted by Crippen LogP contribution is -2.37. The van der Waals surface area contributed by atoms with Gasteiger partial charge in [-0.05, 0) is 43.7 Å². The molecule has 5 rings (SSSR count). The van der Waals surface area contributed by atoms with Gasteiger partial charge in [-0.25, -0.2) is 4.98 Å². The molecule has 0 atom stereocenters. The van der Waals surface area contributed by atoms with Gasteiger partial charge < -0.3 is 19.9 Å². The molecule has 0 amide bonds. The summed E-state index contributed by atoms with van der Waals surface area (Å²) in [4.78, 5) is 25.8. The van der Waals surface area contributed by atoms with E-state index in [1.54, 1.807) is 6.07 Å². The molecule has 0 spiro atoms. The van der Waals surface area contributed by atoms with E-state index >= 15 is 0 Å². The summed E-state index contributed by atoms with van der Waals surface area (Å²) in [5.74, 6) is 1.13. The van der Waals surface area contributed by atoms with Crippen LogP contribution in [0.5, 0.6) is 0 Å². The quantitative estimate of drug-likeness (QED) is 0.377. The summed E-state index contributed by atoms with van der Waals surface area (Å²) in [7, 11) is 0. The third-order valence-electron chi connectivity index (χ3n) is 5.74. The van der Waals surface area contributed by atoms with E-state index in [1.165, 1.54) is 17.7 Å². The summed E-state index contributed by atoms with van der Waals surface area (Å²) in [6.45, 7) is 6.77. The fourth-order valence-electron chi connectivity index (χ4n) is 3.89. The number of fused-ring (bicyclic) bond motifs is 2. The number of hydrogen-bond acceptors (Lipinski definition) is 7. The van der Waals surface area contributed by atoms with Crippen LogP contribution in [-0.2, 0) is 4.74 Å². The molecule has 1 saturated heterocycles. The van der Waals surface area contributed by atoms with Crippen LogP contribution in [0, 0.1) is 24.0 Å². The SMILES string of the molecule is Cc1[nH]c2ccc(Nc3nc(N4CCOCC4)nc4ccc([N+](=O)[O-])cc34)cc2c1C. The van der Waals surface area contributed by atoms with Gasteiger partial charge in [0.25, 0.3) is 5.69 Å². The number of hydrogen-bond donors (Lipinski definition) is 2. The average Bonchev–Trinajstić information content (AvgIpc) is 3.07. The Hall–Kier alpha value is -3.72. The highest BCUT2D eigenvalue weighted by molar-refractivity contribution is 5.95. The highest BCUT2D eigenvalue weighted by atomic mass is 16.6. The minimum Gasteiger partial charge on any atom is -0.378 e. The number of nitrogens with one attached hydrogen (secondary N) is 2. The van der Waals surface area contributed by atoms with Crippen LogP contribution in [-0.4, -0.2) is 46.2 Å². The van der Waals surface area contributed by atoms with Gasteiger partial charge in [-0.3, -0.25) is 10.1 Å². The van der Waals surface area contributed by atoms with E-state index in [2.05, 4.69) is 33.2 Å². The predicted octanol–water partition coefficient (Wildman–Crippen LogP) is 4.22. The number of rotatable bonds is 4. The Kier molecular flexibility index (Phi) is 4.67. The van der Waals surface area contributed by atoms with Crippen LogP contribution in [0.25, 0.3) is 21.8 Å². The smallest absolute Gasteiger partial charge is 0.270 e. The van der Waals surface area contributed by atoms with Gasteiger partial charge in [0.15, 0.2) is 0 Å². The third kappa shape index (κ3) is 3.53. The highest BCUT2D eigenvalue weighted by Gasteiger charge is 2.19. The number of nitrogens with zero attached hydrogens (tertiary/aromatic N) is 4. The summed E-state index contributed by atoms with van der Waals surface area (Å²) in [6, 6.07) is 10.7. The molecular formula is C22H22N6O3. The maximum Gasteiger partial charge on any atom is 0.270 e. The van der Waals surface area contributed by atoms with Crippen LogP contribution < -0.4 is 10.2 Å². The van der Waals surface area contributed by atoms with Crippen molar-refractivity contribution in [3.05, 3.63) is 57.8 Å². The van der Waals surface area contributed by atoms with Crippen molar-refractivity contribution in [3.63, 3.8) is 0 Å². The van der Waals surface area contributed by atoms with E-state index in [1.807, 2.05) is 19.1 Å². The second kappa shape index (κ2) is 7.51. The van der Waals surface area contributed by atoms with Crippen molar-refractivity contribution in [2.75, 3.05) is 36.5 Å². The summed E-state index contributed by atoms with van der Waals surface area (Å²) in [6.07, 6.45) is 0. The largest absolute Gasteiger partial charge is 0.378 e. The molecule has 9 nitrogen and oxygen atoms in total. The fraction of sp³-hybridized carbons (Fsp3) is 0.273. The Morgan fingerprint density at radius 1 is 1.10 bits per heavy atom. The van der Waals surface area contributed by atoms with Crippen molar-refractivity contribution in [2.24, 2.45) is 0 Å². The van der Waals surface area contributed by atoms with Crippen LogP contribution in [0.4, 0.5) is 23.1 Å². The number of morpholine rings is 1. The Morgan fingerprint density at radius 2 is 1.90 bits per heavy atom. The molecule has 158 valence electrons. The number of benzene rings is 2. The van der Waals surface area contributed by atoms with Crippen molar-refractivity contribution in [1.29, 1.82) is 0 Å². The van der Waals surface area contributed by atoms with E-state index in [-0.39, 0.29) is 5.69 Å². The number of aromatic amines is 1. The van der Waals surface area contributed by atoms with Gasteiger partial charge in [-0.1, -0.05) is 0 Å². The van der Waals surface area contributed by atoms with Crippen molar-refractivity contribution in [1.82, 2.24) is 15.0 Å². The zero-order valence-electron chi connectivity index (χ0n) is 17.3. The van der Waals surface area contributed by atoms with E-state index in [0.717, 1.165) is 22.3 Å². The maximum absolute atomic E-state index is 11.3. The average molecular weight is 418 g/mol. The molecule has 1 aliphatic rings. The van der Waals surface area contributed by atoms with Crippen molar-refractivity contribution < 1.29 is 9.66 Å². The number of H-pyrrole nitrogens is 1. The molecule has 0 aliphatic carbocycles. The molecule has 4 aromatic rings. The van der Waals surface area contributed by atoms with Gasteiger partial charge in [0.05, 0.1) is 23.7 Å². The monoisotopic (exact) mass is 418 g/mol. The van der Waals surface area contributed by atoms with Crippen molar-refractivity contribution in [2.45, 2.75) is 13.8 Å². The molecule has 2 aromatic heterocycles. The minimum absolute atomic E-state index is 0.00540. The van der Waals surface area contributed by atoms with Crippen LogP contribution >= 0.6 is 0 Å². The molecule has 2 N–H and O–H groups in total. The Bertz CT molecular complexity index is 1310. The minimum atomic E-state index is -0.406. The second-order valence-electron chi connectivity index (χ2n) is 7.69. The van der Waals surface area contributed by atoms with E-state index in [4.69, 9.17) is 9.72 Å². The van der Waals surface area contributed by atoms with Gasteiger partial charge in [0.2, 0.25) is 5.95 Å². The first kappa shape index (κ1) is 19.3. The predicted molar refractivity (Wildman–Crippen MR) is 120 cm³/mol. The molecule has 0 radical (unpaired) electrons. The molecular weight excluding hydrogens is 396 g/mol. The van der Waals surface area contributed by atoms with Gasteiger partial charge in [-0.15, -0.1) is 0 Å². The Morgan fingerprint density at radius 3 is 2.68 bits per heavy atom. The zero-order valence-corrected chi connectivity index (χ0v) is 17.3. The normalized spacial score (nSPS) is 14.3. The van der Waals surface area contributed by atoms with Crippen molar-refractivity contribution >= 4 is 44.9 Å². The third-order valence-corrected chi connectivity index (χ3v) is 5.74. The molecule has 31 heavy (non-hydrogen) atoms. The number of non-ortho nitro benzene ring substituents is 1. The Labute approximate surface area is 178 Å². The van der Waals surface area contributed by atoms with Crippen molar-refractivity contribution in [3.8, 4) is 0 Å². The lowest BCUT2D eigenvalue weighted by atomic mass is 10.1. The van der Waals surface area contributed by atoms with Crippen LogP contribution in [0.1, 0.15) is 11.3 Å². The fourth-order valence-corrected chi connectivity index (χ4v) is 3.89. The first-order valence-electron chi connectivity index (χ1n) is 10.1. The van der Waals surface area contributed by atoms with E-state index < -0.39 is 4.92 Å². The summed E-state index contributed by atoms with van der Waals surface area (Å²) < 4.78 is 5.44. The second-order valence-corrected chi connectivity index (χ2v) is 7.69. The zero-order chi connectivity index (χ0) is 21.5. The van der Waals surface area contributed by atoms with Crippen LogP contribution in [0.15, 0.2) is 36.4 Å². The molecule has 0 unspecified atom stereocenters. The molecule has 3 heterocycles. The highest BCUT2D eigenvalue weighted by Crippen LogP contribution is 2.31. The molecule has 1 aliphatic heterocycles. The maximum atomic E-state index is 11.3. The first-order chi connectivity index (χ1) is 15.0.